The molecule has 0 aliphatic carbocycles. The minimum absolute atomic E-state index is 0.116. The van der Waals surface area contributed by atoms with Crippen LogP contribution in [0.1, 0.15) is 146 Å². The molecule has 1 saturated heterocycles. The molecule has 18 N–H and O–H groups in total. The standard InChI is InChI=1S/C77H78Cl2N8O24/c1-3-4-5-6-7-8-9-10-11-12-54(93)82-63-65(95)66(96)68(76(105)106)111-77(63)110-67-52-27-37-28-53(67)109-50-22-17-36(25-44(50)78)64(94)62-74(102)86-61(75(103)104)42-29-38(88)30-48(91)55(42)41-24-34(15-20-46(41)89)58(71(99)87-62)83-72(100)59(37)84-73(101)60-43-31-40(32-49(92)56(43)79)108-51-26-35(16-21-47(51)90)57(80-2)70(98)81-45(69(97)85-60)23-33-13-18-39(107-52)19-14-33/h13-22,24-32,45,57-66,68,77,80,88-92,94-96H,3-12,23H2,1-2H3,(H,81,98)(H,82,93)(H,83,100)(H,84,101)(H,85,97)(H,86,102)(H,87,99)(H,103,104)(H,105,106)/t45-,57+,58-,59-,60+,61+,62+,63-,64-,65-,66+,68+,77-/m1/s1. The molecule has 14 rings (SSSR count). The fraction of sp³-hybridized carbons (Fsp3) is 0.338. The zero-order valence-corrected chi connectivity index (χ0v) is 60.7. The minimum atomic E-state index is -2.38. The number of hydrogen-bond donors (Lipinski definition) is 18. The Bertz CT molecular complexity index is 4820. The number of carboxylic acid groups (broad SMARTS) is 2. The Morgan fingerprint density at radius 1 is 0.532 bits per heavy atom. The number of carboxylic acids is 2. The lowest BCUT2D eigenvalue weighted by molar-refractivity contribution is -0.241. The second-order valence-corrected chi connectivity index (χ2v) is 28.1. The summed E-state index contributed by atoms with van der Waals surface area (Å²) < 4.78 is 32.1. The first-order valence-corrected chi connectivity index (χ1v) is 36.3. The lowest BCUT2D eigenvalue weighted by atomic mass is 9.89. The van der Waals surface area contributed by atoms with E-state index < -0.39 is 222 Å². The van der Waals surface area contributed by atoms with Crippen molar-refractivity contribution in [2.45, 2.75) is 157 Å². The van der Waals surface area contributed by atoms with Gasteiger partial charge in [0, 0.05) is 47.2 Å². The maximum Gasteiger partial charge on any atom is 0.335 e. The number of fused-ring (bicyclic) bond motifs is 14. The highest BCUT2D eigenvalue weighted by molar-refractivity contribution is 6.33. The molecule has 34 heteroatoms. The van der Waals surface area contributed by atoms with Crippen LogP contribution in [-0.4, -0.2) is 154 Å². The van der Waals surface area contributed by atoms with Crippen molar-refractivity contribution in [3.63, 3.8) is 0 Å². The number of carbonyl (C=O) groups is 9. The van der Waals surface area contributed by atoms with Gasteiger partial charge in [0.2, 0.25) is 53.4 Å². The van der Waals surface area contributed by atoms with Gasteiger partial charge in [0.15, 0.2) is 35.1 Å². The van der Waals surface area contributed by atoms with E-state index in [0.29, 0.717) is 18.4 Å². The van der Waals surface area contributed by atoms with Crippen LogP contribution in [0.2, 0.25) is 10.0 Å². The number of aliphatic hydroxyl groups excluding tert-OH is 3. The smallest absolute Gasteiger partial charge is 0.335 e. The summed E-state index contributed by atoms with van der Waals surface area (Å²) in [6.07, 6.45) is -3.50. The average Bonchev–Trinajstić information content (AvgIpc) is 0.764. The molecule has 7 amide bonds. The van der Waals surface area contributed by atoms with Gasteiger partial charge >= 0.3 is 11.9 Å². The number of aliphatic hydroxyl groups is 3. The molecule has 0 spiro atoms. The van der Waals surface area contributed by atoms with Crippen LogP contribution in [0.25, 0.3) is 11.1 Å². The highest BCUT2D eigenvalue weighted by atomic mass is 35.5. The predicted molar refractivity (Wildman–Crippen MR) is 391 cm³/mol. The van der Waals surface area contributed by atoms with Crippen molar-refractivity contribution in [2.75, 3.05) is 7.05 Å². The van der Waals surface area contributed by atoms with Gasteiger partial charge in [-0.15, -0.1) is 0 Å². The Morgan fingerprint density at radius 3 is 1.84 bits per heavy atom. The molecular formula is C77H78Cl2N8O24. The topological polar surface area (TPSA) is 498 Å². The van der Waals surface area contributed by atoms with Crippen molar-refractivity contribution in [1.29, 1.82) is 0 Å². The number of halogens is 2. The largest absolute Gasteiger partial charge is 0.508 e. The molecule has 0 aromatic heterocycles. The second-order valence-electron chi connectivity index (χ2n) is 27.3. The first kappa shape index (κ1) is 78.9. The van der Waals surface area contributed by atoms with Gasteiger partial charge in [-0.25, -0.2) is 9.59 Å². The normalized spacial score (nSPS) is 23.7. The fourth-order valence-electron chi connectivity index (χ4n) is 13.9. The van der Waals surface area contributed by atoms with Gasteiger partial charge in [-0.1, -0.05) is 112 Å². The van der Waals surface area contributed by atoms with Gasteiger partial charge in [-0.2, -0.15) is 0 Å². The number of unbranched alkanes of at least 4 members (excludes halogenated alkanes) is 8. The Balaban J connectivity index is 1.09. The lowest BCUT2D eigenvalue weighted by Gasteiger charge is -2.41. The van der Waals surface area contributed by atoms with Crippen molar-refractivity contribution in [1.82, 2.24) is 42.5 Å². The van der Waals surface area contributed by atoms with Crippen molar-refractivity contribution in [3.05, 3.63) is 164 Å². The number of phenolic OH excluding ortho intramolecular Hbond substituents is 5. The third-order valence-electron chi connectivity index (χ3n) is 19.6. The summed E-state index contributed by atoms with van der Waals surface area (Å²) in [6, 6.07) is 5.65. The molecule has 7 aliphatic rings. The van der Waals surface area contributed by atoms with Crippen LogP contribution in [-0.2, 0) is 54.3 Å². The predicted octanol–water partition coefficient (Wildman–Crippen LogP) is 6.86. The third kappa shape index (κ3) is 17.2. The summed E-state index contributed by atoms with van der Waals surface area (Å²) in [4.78, 5) is 134. The van der Waals surface area contributed by atoms with E-state index in [1.807, 2.05) is 0 Å². The number of carbonyl (C=O) groups excluding carboxylic acids is 7. The molecule has 7 heterocycles. The minimum Gasteiger partial charge on any atom is -0.508 e. The quantitative estimate of drug-likeness (QED) is 0.0439. The van der Waals surface area contributed by atoms with E-state index in [4.69, 9.17) is 46.9 Å². The van der Waals surface area contributed by atoms with Crippen LogP contribution >= 0.6 is 23.2 Å². The van der Waals surface area contributed by atoms with Crippen LogP contribution in [0.5, 0.6) is 69.0 Å². The maximum absolute atomic E-state index is 16.4. The number of amides is 7. The Labute approximate surface area is 641 Å². The fourth-order valence-corrected chi connectivity index (χ4v) is 14.3. The second kappa shape index (κ2) is 33.7. The Kier molecular flexibility index (Phi) is 23.9. The summed E-state index contributed by atoms with van der Waals surface area (Å²) in [5.41, 5.74) is -2.67. The van der Waals surface area contributed by atoms with Gasteiger partial charge in [0.25, 0.3) is 0 Å². The van der Waals surface area contributed by atoms with Crippen LogP contribution in [0.15, 0.2) is 115 Å². The van der Waals surface area contributed by atoms with Gasteiger partial charge in [0.05, 0.1) is 10.0 Å². The number of aromatic hydroxyl groups is 5. The molecule has 0 radical (unpaired) electrons. The first-order valence-electron chi connectivity index (χ1n) is 35.5. The molecule has 32 nitrogen and oxygen atoms in total. The zero-order chi connectivity index (χ0) is 79.4. The number of hydrogen-bond acceptors (Lipinski definition) is 23. The number of benzene rings is 7. The van der Waals surface area contributed by atoms with E-state index in [2.05, 4.69) is 49.5 Å². The summed E-state index contributed by atoms with van der Waals surface area (Å²) >= 11 is 14.1. The monoisotopic (exact) mass is 1570 g/mol. The number of aliphatic carboxylic acids is 2. The van der Waals surface area contributed by atoms with Crippen LogP contribution in [0.3, 0.4) is 0 Å². The first-order chi connectivity index (χ1) is 53.1. The van der Waals surface area contributed by atoms with Crippen molar-refractivity contribution in [2.24, 2.45) is 0 Å². The van der Waals surface area contributed by atoms with Gasteiger partial charge in [-0.3, -0.25) is 33.6 Å². The molecule has 7 aromatic carbocycles. The molecule has 111 heavy (non-hydrogen) atoms. The summed E-state index contributed by atoms with van der Waals surface area (Å²) in [5.74, 6) is -18.6. The number of likely N-dealkylation sites (N-methyl/N-ethyl adjacent to an activating group) is 1. The SMILES string of the molecule is CCCCCCCCCCCC(=O)N[C@H]1[C@H](Oc2c3cc4cc2Oc2ccc(cc2Cl)[C@@H](O)[C@@H]2NC(=O)[C@H](NC(=O)[C@@H]4NC(=O)[C@H]4NC(=O)[C@@H](Cc5ccc(cc5)O3)NC(=O)[C@@H](NC)c3ccc(O)c(c3)Oc3cc(O)c(Cl)c4c3)c3ccc(O)c(c3)-c3c(O)cc(O)cc3[C@@H](C(=O)O)NC2=O)O[C@H](C(=O)O)[C@@H](O)[C@@H]1O. The molecule has 7 aliphatic heterocycles. The van der Waals surface area contributed by atoms with Gasteiger partial charge in [-0.05, 0) is 114 Å². The Morgan fingerprint density at radius 2 is 1.15 bits per heavy atom. The zero-order valence-electron chi connectivity index (χ0n) is 59.2. The van der Waals surface area contributed by atoms with E-state index >= 15 is 19.2 Å². The lowest BCUT2D eigenvalue weighted by Crippen LogP contribution is -2.66. The molecular weight excluding hydrogens is 1490 g/mol. The molecule has 1 fully saturated rings. The van der Waals surface area contributed by atoms with E-state index in [-0.39, 0.29) is 46.8 Å². The van der Waals surface area contributed by atoms with E-state index in [1.54, 1.807) is 0 Å². The summed E-state index contributed by atoms with van der Waals surface area (Å²) in [7, 11) is 1.43. The Hall–Kier alpha value is -11.7. The van der Waals surface area contributed by atoms with Gasteiger partial charge in [0.1, 0.15) is 101 Å². The third-order valence-corrected chi connectivity index (χ3v) is 20.3. The molecule has 0 unspecified atom stereocenters. The van der Waals surface area contributed by atoms with Crippen LogP contribution < -0.4 is 61.5 Å². The van der Waals surface area contributed by atoms with E-state index in [0.717, 1.165) is 118 Å². The molecule has 17 bridgehead atoms. The molecule has 584 valence electrons. The maximum atomic E-state index is 16.4. The van der Waals surface area contributed by atoms with E-state index in [1.165, 1.54) is 49.5 Å². The van der Waals surface area contributed by atoms with Crippen LogP contribution in [0.4, 0.5) is 0 Å². The molecule has 0 saturated carbocycles. The number of nitrogens with one attached hydrogen (secondary N) is 8. The van der Waals surface area contributed by atoms with Gasteiger partial charge < -0.3 is 117 Å². The number of ether oxygens (including phenoxy) is 5. The van der Waals surface area contributed by atoms with Crippen molar-refractivity contribution in [3.8, 4) is 80.1 Å². The van der Waals surface area contributed by atoms with Crippen LogP contribution in [0, 0.1) is 0 Å². The highest BCUT2D eigenvalue weighted by Gasteiger charge is 2.51. The van der Waals surface area contributed by atoms with E-state index in [9.17, 15) is 75.0 Å². The summed E-state index contributed by atoms with van der Waals surface area (Å²) in [6.45, 7) is 2.12. The van der Waals surface area contributed by atoms with Crippen molar-refractivity contribution < 1.29 is 118 Å². The molecule has 13 atom stereocenters. The van der Waals surface area contributed by atoms with Crippen molar-refractivity contribution >= 4 is 76.5 Å². The average molecular weight is 1570 g/mol. The number of rotatable bonds is 16. The highest BCUT2D eigenvalue weighted by Crippen LogP contribution is 2.50. The molecule has 7 aromatic rings. The number of phenols is 5. The summed E-state index contributed by atoms with van der Waals surface area (Å²) in [5, 5.41) is 134.